The second kappa shape index (κ2) is 6.62. The van der Waals surface area contributed by atoms with Gasteiger partial charge in [-0.25, -0.2) is 0 Å². The summed E-state index contributed by atoms with van der Waals surface area (Å²) < 4.78 is 0. The van der Waals surface area contributed by atoms with Crippen LogP contribution in [-0.4, -0.2) is 4.86 Å². The third kappa shape index (κ3) is 3.55. The average Bonchev–Trinajstić information content (AvgIpc) is 2.27. The zero-order valence-corrected chi connectivity index (χ0v) is 11.3. The van der Waals surface area contributed by atoms with Crippen LogP contribution in [0.15, 0.2) is 0 Å². The Morgan fingerprint density at radius 3 is 2.13 bits per heavy atom. The van der Waals surface area contributed by atoms with Crippen molar-refractivity contribution in [1.82, 2.24) is 0 Å². The number of hydrogen-bond acceptors (Lipinski definition) is 1. The molecule has 1 rings (SSSR count). The first kappa shape index (κ1) is 13.2. The van der Waals surface area contributed by atoms with E-state index in [0.29, 0.717) is 5.41 Å². The highest BCUT2D eigenvalue weighted by Gasteiger charge is 2.34. The first-order chi connectivity index (χ1) is 7.25. The summed E-state index contributed by atoms with van der Waals surface area (Å²) in [5.74, 6) is 0. The molecule has 15 heavy (non-hydrogen) atoms. The van der Waals surface area contributed by atoms with E-state index < -0.39 is 0 Å². The summed E-state index contributed by atoms with van der Waals surface area (Å²) in [5, 5.41) is 0. The van der Waals surface area contributed by atoms with Gasteiger partial charge in [0.2, 0.25) is 0 Å². The van der Waals surface area contributed by atoms with Gasteiger partial charge in [-0.05, 0) is 37.0 Å². The third-order valence-corrected chi connectivity index (χ3v) is 4.56. The van der Waals surface area contributed by atoms with E-state index in [0.717, 1.165) is 0 Å². The first-order valence-corrected chi connectivity index (χ1v) is 7.19. The van der Waals surface area contributed by atoms with Gasteiger partial charge in [0, 0.05) is 5.41 Å². The van der Waals surface area contributed by atoms with Crippen molar-refractivity contribution in [3.8, 4) is 0 Å². The molecule has 88 valence electrons. The second-order valence-electron chi connectivity index (χ2n) is 5.12. The van der Waals surface area contributed by atoms with Crippen LogP contribution in [0.5, 0.6) is 0 Å². The molecule has 0 saturated heterocycles. The van der Waals surface area contributed by atoms with Crippen molar-refractivity contribution in [2.75, 3.05) is 0 Å². The van der Waals surface area contributed by atoms with Gasteiger partial charge in [-0.2, -0.15) is 0 Å². The van der Waals surface area contributed by atoms with Gasteiger partial charge in [0.15, 0.2) is 0 Å². The van der Waals surface area contributed by atoms with Crippen molar-refractivity contribution < 1.29 is 0 Å². The molecule has 0 heterocycles. The molecule has 0 aromatic rings. The van der Waals surface area contributed by atoms with Gasteiger partial charge >= 0.3 is 0 Å². The molecule has 1 aliphatic rings. The van der Waals surface area contributed by atoms with E-state index in [9.17, 15) is 0 Å². The Balaban J connectivity index is 2.59. The van der Waals surface area contributed by atoms with E-state index in [-0.39, 0.29) is 0 Å². The Bertz CT molecular complexity index is 188. The van der Waals surface area contributed by atoms with Crippen LogP contribution in [0, 0.1) is 5.41 Å². The lowest BCUT2D eigenvalue weighted by atomic mass is 9.68. The van der Waals surface area contributed by atoms with Crippen molar-refractivity contribution in [3.05, 3.63) is 0 Å². The Hall–Kier alpha value is 0.0900. The number of rotatable bonds is 6. The van der Waals surface area contributed by atoms with Gasteiger partial charge < -0.3 is 0 Å². The van der Waals surface area contributed by atoms with E-state index in [1.54, 1.807) is 0 Å². The van der Waals surface area contributed by atoms with Gasteiger partial charge in [0.25, 0.3) is 0 Å². The topological polar surface area (TPSA) is 0 Å². The predicted molar refractivity (Wildman–Crippen MR) is 72.5 cm³/mol. The maximum absolute atomic E-state index is 5.67. The zero-order valence-electron chi connectivity index (χ0n) is 10.5. The van der Waals surface area contributed by atoms with Gasteiger partial charge in [-0.15, -0.1) is 0 Å². The summed E-state index contributed by atoms with van der Waals surface area (Å²) in [7, 11) is 0. The fourth-order valence-corrected chi connectivity index (χ4v) is 3.29. The molecule has 0 radical (unpaired) electrons. The van der Waals surface area contributed by atoms with Crippen LogP contribution in [0.1, 0.15) is 78.1 Å². The highest BCUT2D eigenvalue weighted by molar-refractivity contribution is 7.80. The molecule has 1 aliphatic carbocycles. The third-order valence-electron chi connectivity index (χ3n) is 3.92. The van der Waals surface area contributed by atoms with Crippen molar-refractivity contribution in [1.29, 1.82) is 0 Å². The fourth-order valence-electron chi connectivity index (χ4n) is 2.84. The minimum absolute atomic E-state index is 0.472. The normalized spacial score (nSPS) is 20.5. The molecule has 0 N–H and O–H groups in total. The van der Waals surface area contributed by atoms with Crippen LogP contribution < -0.4 is 0 Å². The number of unbranched alkanes of at least 4 members (excludes halogenated alkanes) is 2. The van der Waals surface area contributed by atoms with Crippen LogP contribution in [0.3, 0.4) is 0 Å². The first-order valence-electron chi connectivity index (χ1n) is 6.78. The van der Waals surface area contributed by atoms with Gasteiger partial charge in [-0.1, -0.05) is 58.2 Å². The molecule has 1 heteroatoms. The molecule has 0 aromatic heterocycles. The minimum Gasteiger partial charge on any atom is -0.0891 e. The average molecular weight is 226 g/mol. The van der Waals surface area contributed by atoms with Gasteiger partial charge in [0.1, 0.15) is 0 Å². The molecule has 0 bridgehead atoms. The van der Waals surface area contributed by atoms with Gasteiger partial charge in [0.05, 0.1) is 0 Å². The van der Waals surface area contributed by atoms with Gasteiger partial charge in [-0.3, -0.25) is 0 Å². The lowest BCUT2D eigenvalue weighted by Gasteiger charge is -2.38. The van der Waals surface area contributed by atoms with Crippen molar-refractivity contribution in [2.45, 2.75) is 78.1 Å². The maximum Gasteiger partial charge on any atom is 0.00166 e. The van der Waals surface area contributed by atoms with E-state index in [2.05, 4.69) is 13.8 Å². The zero-order chi connectivity index (χ0) is 11.1. The van der Waals surface area contributed by atoms with E-state index in [1.807, 2.05) is 0 Å². The Morgan fingerprint density at radius 1 is 1.07 bits per heavy atom. The molecule has 0 amide bonds. The predicted octanol–water partition coefficient (Wildman–Crippen LogP) is 5.30. The van der Waals surface area contributed by atoms with Crippen molar-refractivity contribution >= 4 is 17.1 Å². The van der Waals surface area contributed by atoms with E-state index in [4.69, 9.17) is 12.2 Å². The molecule has 1 saturated carbocycles. The fraction of sp³-hybridized carbons (Fsp3) is 0.929. The van der Waals surface area contributed by atoms with E-state index >= 15 is 0 Å². The number of hydrogen-bond donors (Lipinski definition) is 0. The van der Waals surface area contributed by atoms with Crippen LogP contribution >= 0.6 is 12.2 Å². The van der Waals surface area contributed by atoms with Crippen LogP contribution in [0.2, 0.25) is 0 Å². The smallest absolute Gasteiger partial charge is 0.00166 e. The Morgan fingerprint density at radius 2 is 1.67 bits per heavy atom. The summed E-state index contributed by atoms with van der Waals surface area (Å²) >= 11 is 5.67. The molecular weight excluding hydrogens is 200 g/mol. The minimum atomic E-state index is 0.472. The van der Waals surface area contributed by atoms with E-state index in [1.165, 1.54) is 69.1 Å². The molecule has 0 unspecified atom stereocenters. The molecule has 0 atom stereocenters. The maximum atomic E-state index is 5.67. The highest BCUT2D eigenvalue weighted by atomic mass is 32.1. The van der Waals surface area contributed by atoms with Crippen molar-refractivity contribution in [2.24, 2.45) is 5.41 Å². The molecule has 0 spiro atoms. The van der Waals surface area contributed by atoms with Crippen LogP contribution in [0.4, 0.5) is 0 Å². The molecule has 0 aromatic carbocycles. The Labute approximate surface area is 101 Å². The second-order valence-corrected chi connectivity index (χ2v) is 5.61. The number of thiocarbonyl (C=S) groups is 1. The summed E-state index contributed by atoms with van der Waals surface area (Å²) in [6, 6.07) is 0. The van der Waals surface area contributed by atoms with Crippen LogP contribution in [0.25, 0.3) is 0 Å². The quantitative estimate of drug-likeness (QED) is 0.554. The molecule has 0 nitrogen and oxygen atoms in total. The summed E-state index contributed by atoms with van der Waals surface area (Å²) in [6.07, 6.45) is 13.5. The molecule has 0 aliphatic heterocycles. The van der Waals surface area contributed by atoms with Crippen molar-refractivity contribution in [3.63, 3.8) is 0 Å². The Kier molecular flexibility index (Phi) is 5.81. The lowest BCUT2D eigenvalue weighted by molar-refractivity contribution is 0.283. The molecule has 1 fully saturated rings. The van der Waals surface area contributed by atoms with Crippen LogP contribution in [-0.2, 0) is 0 Å². The standard InChI is InChI=1S/C14H26S/c1-3-5-10-14(11-6-4-2)12-8-7-9-13(14)15/h3-12H2,1-2H3. The summed E-state index contributed by atoms with van der Waals surface area (Å²) in [6.45, 7) is 4.58. The summed E-state index contributed by atoms with van der Waals surface area (Å²) in [4.78, 5) is 1.41. The largest absolute Gasteiger partial charge is 0.0891 e. The molecular formula is C14H26S. The lowest BCUT2D eigenvalue weighted by Crippen LogP contribution is -2.33. The summed E-state index contributed by atoms with van der Waals surface area (Å²) in [5.41, 5.74) is 0.472. The monoisotopic (exact) mass is 226 g/mol. The highest BCUT2D eigenvalue weighted by Crippen LogP contribution is 2.42. The SMILES string of the molecule is CCCCC1(CCCC)CCCCC1=S.